The minimum Gasteiger partial charge on any atom is -0.371 e. The standard InChI is InChI=1S/C22H20FN3O3.ClH/c1-2-14-17(6-5-16-19(14)22(28)24-21(16)27)26-9-7-12(8-10-26)20-15-4-3-13(23)11-18(15)29-25-20;/h3-6,11-12H,2,7-10H2,1H3,(H,24,27,28);1H. The van der Waals surface area contributed by atoms with Crippen LogP contribution in [0.4, 0.5) is 10.1 Å². The summed E-state index contributed by atoms with van der Waals surface area (Å²) in [5, 5.41) is 7.47. The fourth-order valence-electron chi connectivity index (χ4n) is 4.59. The normalized spacial score (nSPS) is 16.5. The fraction of sp³-hybridized carbons (Fsp3) is 0.318. The van der Waals surface area contributed by atoms with Crippen molar-refractivity contribution in [1.82, 2.24) is 10.5 Å². The molecule has 0 atom stereocenters. The Hall–Kier alpha value is -2.93. The van der Waals surface area contributed by atoms with Crippen molar-refractivity contribution in [3.63, 3.8) is 0 Å². The highest BCUT2D eigenvalue weighted by Gasteiger charge is 2.32. The lowest BCUT2D eigenvalue weighted by atomic mass is 9.90. The number of hydrogen-bond donors (Lipinski definition) is 1. The minimum absolute atomic E-state index is 0. The maximum atomic E-state index is 13.4. The number of anilines is 1. The molecule has 1 fully saturated rings. The van der Waals surface area contributed by atoms with Crippen molar-refractivity contribution < 1.29 is 18.5 Å². The van der Waals surface area contributed by atoms with E-state index in [1.165, 1.54) is 12.1 Å². The molecule has 0 spiro atoms. The molecule has 0 saturated carbocycles. The third-order valence-electron chi connectivity index (χ3n) is 6.02. The van der Waals surface area contributed by atoms with Crippen LogP contribution in [0.25, 0.3) is 11.0 Å². The number of nitrogens with one attached hydrogen (secondary N) is 1. The lowest BCUT2D eigenvalue weighted by Crippen LogP contribution is -2.34. The predicted molar refractivity (Wildman–Crippen MR) is 113 cm³/mol. The number of rotatable bonds is 3. The number of imide groups is 1. The van der Waals surface area contributed by atoms with Crippen molar-refractivity contribution in [2.45, 2.75) is 32.1 Å². The average molecular weight is 430 g/mol. The summed E-state index contributed by atoms with van der Waals surface area (Å²) >= 11 is 0. The van der Waals surface area contributed by atoms with Crippen molar-refractivity contribution >= 4 is 40.9 Å². The number of nitrogens with zero attached hydrogens (tertiary/aromatic N) is 2. The van der Waals surface area contributed by atoms with E-state index < -0.39 is 0 Å². The van der Waals surface area contributed by atoms with Crippen LogP contribution in [0.1, 0.15) is 57.7 Å². The van der Waals surface area contributed by atoms with Gasteiger partial charge in [0, 0.05) is 36.1 Å². The Morgan fingerprint density at radius 3 is 2.67 bits per heavy atom. The van der Waals surface area contributed by atoms with Crippen LogP contribution < -0.4 is 10.2 Å². The molecule has 0 radical (unpaired) electrons. The molecule has 30 heavy (non-hydrogen) atoms. The van der Waals surface area contributed by atoms with E-state index in [4.69, 9.17) is 4.52 Å². The van der Waals surface area contributed by atoms with Crippen LogP contribution in [0.15, 0.2) is 34.9 Å². The molecule has 1 aromatic heterocycles. The van der Waals surface area contributed by atoms with Crippen molar-refractivity contribution in [3.05, 3.63) is 58.5 Å². The van der Waals surface area contributed by atoms with Crippen LogP contribution in [0.3, 0.4) is 0 Å². The van der Waals surface area contributed by atoms with E-state index in [-0.39, 0.29) is 36.0 Å². The first-order valence-corrected chi connectivity index (χ1v) is 9.88. The summed E-state index contributed by atoms with van der Waals surface area (Å²) in [6.07, 6.45) is 2.44. The van der Waals surface area contributed by atoms with Gasteiger partial charge in [-0.05, 0) is 49.1 Å². The smallest absolute Gasteiger partial charge is 0.259 e. The maximum absolute atomic E-state index is 13.4. The zero-order valence-corrected chi connectivity index (χ0v) is 17.2. The van der Waals surface area contributed by atoms with Crippen LogP contribution in [0.5, 0.6) is 0 Å². The highest BCUT2D eigenvalue weighted by atomic mass is 35.5. The number of piperidine rings is 1. The Kier molecular flexibility index (Phi) is 5.24. The minimum atomic E-state index is -0.332. The van der Waals surface area contributed by atoms with E-state index in [1.54, 1.807) is 12.1 Å². The lowest BCUT2D eigenvalue weighted by molar-refractivity contribution is 0.0879. The van der Waals surface area contributed by atoms with E-state index >= 15 is 0 Å². The number of carbonyl (C=O) groups is 2. The molecule has 2 aromatic carbocycles. The molecule has 0 unspecified atom stereocenters. The monoisotopic (exact) mass is 429 g/mol. The second kappa shape index (κ2) is 7.72. The van der Waals surface area contributed by atoms with Gasteiger partial charge in [-0.15, -0.1) is 12.4 Å². The average Bonchev–Trinajstić information content (AvgIpc) is 3.27. The van der Waals surface area contributed by atoms with Gasteiger partial charge in [0.2, 0.25) is 0 Å². The number of fused-ring (bicyclic) bond motifs is 2. The van der Waals surface area contributed by atoms with E-state index in [1.807, 2.05) is 13.0 Å². The summed E-state index contributed by atoms with van der Waals surface area (Å²) in [4.78, 5) is 26.5. The van der Waals surface area contributed by atoms with Crippen LogP contribution in [0.2, 0.25) is 0 Å². The Morgan fingerprint density at radius 1 is 1.17 bits per heavy atom. The van der Waals surface area contributed by atoms with Crippen molar-refractivity contribution in [3.8, 4) is 0 Å². The Morgan fingerprint density at radius 2 is 1.93 bits per heavy atom. The van der Waals surface area contributed by atoms with E-state index in [9.17, 15) is 14.0 Å². The molecule has 8 heteroatoms. The van der Waals surface area contributed by atoms with Crippen LogP contribution in [-0.4, -0.2) is 30.1 Å². The highest BCUT2D eigenvalue weighted by Crippen LogP contribution is 2.37. The summed E-state index contributed by atoms with van der Waals surface area (Å²) in [6.45, 7) is 3.62. The molecule has 3 aromatic rings. The molecule has 5 rings (SSSR count). The van der Waals surface area contributed by atoms with Gasteiger partial charge in [-0.1, -0.05) is 12.1 Å². The van der Waals surface area contributed by atoms with Crippen LogP contribution in [-0.2, 0) is 6.42 Å². The summed E-state index contributed by atoms with van der Waals surface area (Å²) in [5.41, 5.74) is 4.28. The van der Waals surface area contributed by atoms with Gasteiger partial charge in [0.15, 0.2) is 5.58 Å². The van der Waals surface area contributed by atoms with Gasteiger partial charge < -0.3 is 9.42 Å². The largest absolute Gasteiger partial charge is 0.371 e. The third-order valence-corrected chi connectivity index (χ3v) is 6.02. The first kappa shape index (κ1) is 20.3. The van der Waals surface area contributed by atoms with Gasteiger partial charge in [-0.25, -0.2) is 4.39 Å². The number of halogens is 2. The molecule has 1 N–H and O–H groups in total. The van der Waals surface area contributed by atoms with Crippen LogP contribution in [0, 0.1) is 5.82 Å². The third kappa shape index (κ3) is 3.13. The van der Waals surface area contributed by atoms with Gasteiger partial charge in [0.1, 0.15) is 5.82 Å². The fourth-order valence-corrected chi connectivity index (χ4v) is 4.59. The molecular weight excluding hydrogens is 409 g/mol. The summed E-state index contributed by atoms with van der Waals surface area (Å²) < 4.78 is 18.7. The molecule has 0 bridgehead atoms. The van der Waals surface area contributed by atoms with Gasteiger partial charge in [-0.2, -0.15) is 0 Å². The van der Waals surface area contributed by atoms with Crippen molar-refractivity contribution in [2.75, 3.05) is 18.0 Å². The molecule has 1 saturated heterocycles. The maximum Gasteiger partial charge on any atom is 0.259 e. The Bertz CT molecular complexity index is 1150. The molecular formula is C22H21ClFN3O3. The molecule has 2 amide bonds. The number of amides is 2. The zero-order valence-electron chi connectivity index (χ0n) is 16.4. The molecule has 2 aliphatic rings. The first-order valence-electron chi connectivity index (χ1n) is 9.88. The van der Waals surface area contributed by atoms with Gasteiger partial charge in [-0.3, -0.25) is 14.9 Å². The Labute approximate surface area is 178 Å². The zero-order chi connectivity index (χ0) is 20.1. The molecule has 2 aliphatic heterocycles. The van der Waals surface area contributed by atoms with Gasteiger partial charge in [0.25, 0.3) is 11.8 Å². The first-order chi connectivity index (χ1) is 14.1. The molecule has 3 heterocycles. The van der Waals surface area contributed by atoms with E-state index in [0.29, 0.717) is 23.1 Å². The number of hydrogen-bond acceptors (Lipinski definition) is 5. The lowest BCUT2D eigenvalue weighted by Gasteiger charge is -2.34. The van der Waals surface area contributed by atoms with Crippen LogP contribution >= 0.6 is 12.4 Å². The molecule has 0 aliphatic carbocycles. The van der Waals surface area contributed by atoms with E-state index in [0.717, 1.165) is 48.3 Å². The molecule has 6 nitrogen and oxygen atoms in total. The number of aromatic nitrogens is 1. The van der Waals surface area contributed by atoms with Crippen molar-refractivity contribution in [2.24, 2.45) is 0 Å². The summed E-state index contributed by atoms with van der Waals surface area (Å²) in [7, 11) is 0. The number of benzene rings is 2. The quantitative estimate of drug-likeness (QED) is 0.631. The topological polar surface area (TPSA) is 75.4 Å². The highest BCUT2D eigenvalue weighted by molar-refractivity contribution is 6.22. The van der Waals surface area contributed by atoms with E-state index in [2.05, 4.69) is 15.4 Å². The number of carbonyl (C=O) groups excluding carboxylic acids is 2. The second-order valence-electron chi connectivity index (χ2n) is 7.59. The second-order valence-corrected chi connectivity index (χ2v) is 7.59. The summed E-state index contributed by atoms with van der Waals surface area (Å²) in [5.74, 6) is -0.720. The predicted octanol–water partition coefficient (Wildman–Crippen LogP) is 4.22. The SMILES string of the molecule is CCc1c(N2CCC(c3noc4cc(F)ccc34)CC2)ccc2c1C(=O)NC2=O.Cl. The summed E-state index contributed by atoms with van der Waals surface area (Å²) in [6, 6.07) is 8.22. The molecule has 156 valence electrons. The van der Waals surface area contributed by atoms with Gasteiger partial charge >= 0.3 is 0 Å². The Balaban J connectivity index is 0.00000218. The van der Waals surface area contributed by atoms with Gasteiger partial charge in [0.05, 0.1) is 16.8 Å². The van der Waals surface area contributed by atoms with Crippen molar-refractivity contribution in [1.29, 1.82) is 0 Å².